The van der Waals surface area contributed by atoms with E-state index in [1.807, 2.05) is 0 Å². The zero-order valence-electron chi connectivity index (χ0n) is 17.7. The van der Waals surface area contributed by atoms with Gasteiger partial charge in [-0.3, -0.25) is 10.2 Å². The minimum atomic E-state index is -4.59. The zero-order valence-corrected chi connectivity index (χ0v) is 17.7. The molecule has 164 valence electrons. The number of hydrogen-bond donors (Lipinski definition) is 1. The van der Waals surface area contributed by atoms with Gasteiger partial charge in [-0.1, -0.05) is 56.5 Å². The average Bonchev–Trinajstić information content (AvgIpc) is 2.92. The van der Waals surface area contributed by atoms with Crippen molar-refractivity contribution in [1.82, 2.24) is 10.4 Å². The third-order valence-electron chi connectivity index (χ3n) is 5.51. The third-order valence-corrected chi connectivity index (χ3v) is 5.51. The van der Waals surface area contributed by atoms with E-state index in [2.05, 4.69) is 12.3 Å². The number of carbonyl (C=O) groups excluding carboxylic acids is 1. The van der Waals surface area contributed by atoms with E-state index in [4.69, 9.17) is 4.74 Å². The van der Waals surface area contributed by atoms with E-state index in [0.717, 1.165) is 30.7 Å². The lowest BCUT2D eigenvalue weighted by atomic mass is 9.93. The number of rotatable bonds is 8. The maximum Gasteiger partial charge on any atom is 0.409 e. The van der Waals surface area contributed by atoms with E-state index < -0.39 is 23.7 Å². The Balaban J connectivity index is 2.05. The molecule has 1 saturated heterocycles. The van der Waals surface area contributed by atoms with Gasteiger partial charge in [0.1, 0.15) is 5.75 Å². The number of nitrogens with zero attached hydrogens (tertiary/aromatic N) is 1. The summed E-state index contributed by atoms with van der Waals surface area (Å²) in [6.07, 6.45) is -0.507. The summed E-state index contributed by atoms with van der Waals surface area (Å²) in [6, 6.07) is 8.18. The van der Waals surface area contributed by atoms with Gasteiger partial charge in [-0.2, -0.15) is 18.2 Å². The van der Waals surface area contributed by atoms with Crippen LogP contribution in [0.4, 0.5) is 13.2 Å². The Bertz CT molecular complexity index is 890. The summed E-state index contributed by atoms with van der Waals surface area (Å²) < 4.78 is 49.0. The molecule has 1 atom stereocenters. The fourth-order valence-corrected chi connectivity index (χ4v) is 4.07. The molecular formula is C23H29F3N2O2. The van der Waals surface area contributed by atoms with Crippen molar-refractivity contribution in [3.8, 4) is 5.75 Å². The first-order valence-corrected chi connectivity index (χ1v) is 10.4. The lowest BCUT2D eigenvalue weighted by molar-refractivity contribution is -0.203. The molecule has 2 aromatic carbocycles. The smallest absolute Gasteiger partial charge is 0.409 e. The van der Waals surface area contributed by atoms with Crippen molar-refractivity contribution in [1.29, 1.82) is 0 Å². The van der Waals surface area contributed by atoms with Crippen molar-refractivity contribution in [2.24, 2.45) is 0 Å². The second kappa shape index (κ2) is 8.84. The number of unbranched alkanes of at least 4 members (excludes halogenated alkanes) is 3. The van der Waals surface area contributed by atoms with E-state index in [1.165, 1.54) is 6.07 Å². The van der Waals surface area contributed by atoms with Gasteiger partial charge < -0.3 is 4.74 Å². The van der Waals surface area contributed by atoms with Crippen LogP contribution in [0, 0.1) is 0 Å². The lowest BCUT2D eigenvalue weighted by Gasteiger charge is -2.38. The molecular weight excluding hydrogens is 393 g/mol. The number of ether oxygens (including phenoxy) is 1. The van der Waals surface area contributed by atoms with Crippen LogP contribution in [0.5, 0.6) is 5.75 Å². The molecule has 4 nitrogen and oxygen atoms in total. The largest absolute Gasteiger partial charge is 0.493 e. The maximum atomic E-state index is 14.3. The molecule has 30 heavy (non-hydrogen) atoms. The summed E-state index contributed by atoms with van der Waals surface area (Å²) in [5, 5.41) is 2.16. The molecule has 1 fully saturated rings. The first-order chi connectivity index (χ1) is 14.1. The monoisotopic (exact) mass is 422 g/mol. The van der Waals surface area contributed by atoms with Gasteiger partial charge in [-0.05, 0) is 37.3 Å². The minimum Gasteiger partial charge on any atom is -0.493 e. The molecule has 1 aliphatic heterocycles. The van der Waals surface area contributed by atoms with Crippen molar-refractivity contribution in [3.63, 3.8) is 0 Å². The number of nitrogens with one attached hydrogen (secondary N) is 1. The molecule has 0 saturated carbocycles. The van der Waals surface area contributed by atoms with Crippen molar-refractivity contribution < 1.29 is 22.7 Å². The number of hydrogen-bond acceptors (Lipinski definition) is 3. The summed E-state index contributed by atoms with van der Waals surface area (Å²) in [5.74, 6) is 0.0269. The fourth-order valence-electron chi connectivity index (χ4n) is 4.07. The number of alkyl halides is 3. The molecule has 0 bridgehead atoms. The van der Waals surface area contributed by atoms with E-state index in [-0.39, 0.29) is 12.0 Å². The Kier molecular flexibility index (Phi) is 6.60. The quantitative estimate of drug-likeness (QED) is 0.537. The number of fused-ring (bicyclic) bond motifs is 1. The Morgan fingerprint density at radius 2 is 1.83 bits per heavy atom. The van der Waals surface area contributed by atoms with Crippen LogP contribution in [0.15, 0.2) is 36.4 Å². The van der Waals surface area contributed by atoms with E-state index in [9.17, 15) is 18.0 Å². The van der Waals surface area contributed by atoms with E-state index in [1.54, 1.807) is 44.2 Å². The van der Waals surface area contributed by atoms with Gasteiger partial charge in [0.15, 0.2) is 6.04 Å². The molecule has 1 unspecified atom stereocenters. The maximum absolute atomic E-state index is 14.3. The standard InChI is InChI=1S/C23H29F3N2O2/c1-4-5-6-7-14-30-18-13-9-11-16-10-8-12-17(20(16)18)21(23(24,25)26)28-22(2,3)15-19(29)27-28/h8-13,21H,4-7,14-15H2,1-3H3,(H,27,29). The van der Waals surface area contributed by atoms with Gasteiger partial charge in [0, 0.05) is 17.3 Å². The summed E-state index contributed by atoms with van der Waals surface area (Å²) >= 11 is 0. The highest BCUT2D eigenvalue weighted by Gasteiger charge is 2.53. The molecule has 1 aliphatic rings. The molecule has 1 amide bonds. The van der Waals surface area contributed by atoms with Crippen molar-refractivity contribution in [2.75, 3.05) is 6.61 Å². The van der Waals surface area contributed by atoms with Crippen LogP contribution in [0.3, 0.4) is 0 Å². The second-order valence-electron chi connectivity index (χ2n) is 8.45. The zero-order chi connectivity index (χ0) is 21.9. The molecule has 1 heterocycles. The van der Waals surface area contributed by atoms with Gasteiger partial charge in [0.05, 0.1) is 6.61 Å². The Morgan fingerprint density at radius 3 is 2.43 bits per heavy atom. The first kappa shape index (κ1) is 22.4. The number of benzene rings is 2. The van der Waals surface area contributed by atoms with Crippen LogP contribution in [0.25, 0.3) is 10.8 Å². The van der Waals surface area contributed by atoms with Crippen molar-refractivity contribution >= 4 is 16.7 Å². The molecule has 1 N–H and O–H groups in total. The lowest BCUT2D eigenvalue weighted by Crippen LogP contribution is -2.51. The molecule has 0 spiro atoms. The molecule has 3 rings (SSSR count). The SMILES string of the molecule is CCCCCCOc1cccc2cccc(C(N3NC(=O)CC3(C)C)C(F)(F)F)c12. The third kappa shape index (κ3) is 4.72. The topological polar surface area (TPSA) is 41.6 Å². The normalized spacial score (nSPS) is 17.9. The van der Waals surface area contributed by atoms with Crippen LogP contribution in [0.2, 0.25) is 0 Å². The van der Waals surface area contributed by atoms with Crippen LogP contribution < -0.4 is 10.2 Å². The summed E-state index contributed by atoms with van der Waals surface area (Å²) in [4.78, 5) is 11.9. The fraction of sp³-hybridized carbons (Fsp3) is 0.522. The number of carbonyl (C=O) groups is 1. The van der Waals surface area contributed by atoms with E-state index >= 15 is 0 Å². The van der Waals surface area contributed by atoms with Crippen molar-refractivity contribution in [3.05, 3.63) is 42.0 Å². The van der Waals surface area contributed by atoms with Gasteiger partial charge in [-0.15, -0.1) is 0 Å². The predicted molar refractivity (Wildman–Crippen MR) is 111 cm³/mol. The molecule has 0 aliphatic carbocycles. The molecule has 0 aromatic heterocycles. The van der Waals surface area contributed by atoms with Crippen LogP contribution in [-0.4, -0.2) is 29.2 Å². The Labute approximate surface area is 175 Å². The molecule has 0 radical (unpaired) electrons. The second-order valence-corrected chi connectivity index (χ2v) is 8.45. The molecule has 2 aromatic rings. The Hall–Kier alpha value is -2.28. The van der Waals surface area contributed by atoms with Crippen LogP contribution in [0.1, 0.15) is 64.5 Å². The van der Waals surface area contributed by atoms with Gasteiger partial charge >= 0.3 is 6.18 Å². The first-order valence-electron chi connectivity index (χ1n) is 10.4. The van der Waals surface area contributed by atoms with Gasteiger partial charge in [0.25, 0.3) is 0 Å². The van der Waals surface area contributed by atoms with Gasteiger partial charge in [0.2, 0.25) is 5.91 Å². The van der Waals surface area contributed by atoms with Crippen LogP contribution in [-0.2, 0) is 4.79 Å². The number of halogens is 3. The van der Waals surface area contributed by atoms with Crippen molar-refractivity contribution in [2.45, 2.75) is 70.6 Å². The van der Waals surface area contributed by atoms with Gasteiger partial charge in [-0.25, -0.2) is 0 Å². The summed E-state index contributed by atoms with van der Waals surface area (Å²) in [5.41, 5.74) is 1.54. The van der Waals surface area contributed by atoms with E-state index in [0.29, 0.717) is 23.1 Å². The Morgan fingerprint density at radius 1 is 1.13 bits per heavy atom. The minimum absolute atomic E-state index is 0.00509. The number of hydrazine groups is 1. The summed E-state index contributed by atoms with van der Waals surface area (Å²) in [6.45, 7) is 5.85. The number of amides is 1. The highest BCUT2D eigenvalue weighted by molar-refractivity contribution is 5.92. The highest BCUT2D eigenvalue weighted by atomic mass is 19.4. The highest BCUT2D eigenvalue weighted by Crippen LogP contribution is 2.46. The predicted octanol–water partition coefficient (Wildman–Crippen LogP) is 5.92. The molecule has 7 heteroatoms. The van der Waals surface area contributed by atoms with Crippen LogP contribution >= 0.6 is 0 Å². The average molecular weight is 422 g/mol. The summed E-state index contributed by atoms with van der Waals surface area (Å²) in [7, 11) is 0.